The van der Waals surface area contributed by atoms with Crippen molar-refractivity contribution >= 4 is 5.97 Å². The minimum absolute atomic E-state index is 0.384. The summed E-state index contributed by atoms with van der Waals surface area (Å²) in [6, 6.07) is 0. The lowest BCUT2D eigenvalue weighted by atomic mass is 9.79. The Kier molecular flexibility index (Phi) is 6.64. The van der Waals surface area contributed by atoms with Crippen molar-refractivity contribution in [1.29, 1.82) is 0 Å². The molecule has 0 amide bonds. The van der Waals surface area contributed by atoms with E-state index in [1.165, 1.54) is 13.3 Å². The minimum atomic E-state index is -0.884. The molecule has 0 heterocycles. The Labute approximate surface area is 145 Å². The summed E-state index contributed by atoms with van der Waals surface area (Å²) in [6.45, 7) is 5.45. The highest BCUT2D eigenvalue weighted by atomic mass is 16.5. The molecule has 2 rings (SSSR count). The van der Waals surface area contributed by atoms with Crippen molar-refractivity contribution in [2.45, 2.75) is 95.2 Å². The molecule has 0 bridgehead atoms. The van der Waals surface area contributed by atoms with Gasteiger partial charge in [-0.15, -0.1) is 0 Å². The van der Waals surface area contributed by atoms with Crippen LogP contribution in [0.1, 0.15) is 84.0 Å². The Balaban J connectivity index is 2.02. The molecule has 0 atom stereocenters. The number of rotatable bonds is 6. The van der Waals surface area contributed by atoms with Gasteiger partial charge in [0.25, 0.3) is 0 Å². The third-order valence-electron chi connectivity index (χ3n) is 5.21. The molecule has 0 unspecified atom stereocenters. The van der Waals surface area contributed by atoms with E-state index >= 15 is 0 Å². The van der Waals surface area contributed by atoms with E-state index in [-0.39, 0.29) is 5.97 Å². The molecule has 4 heteroatoms. The lowest BCUT2D eigenvalue weighted by molar-refractivity contribution is -0.137. The molecule has 2 aliphatic carbocycles. The van der Waals surface area contributed by atoms with Gasteiger partial charge in [-0.25, -0.2) is 0 Å². The van der Waals surface area contributed by atoms with Gasteiger partial charge >= 0.3 is 5.97 Å². The normalized spacial score (nSPS) is 23.5. The highest BCUT2D eigenvalue weighted by molar-refractivity contribution is 5.67. The molecular formula is C20H32O4. The Hall–Kier alpha value is -1.13. The SMILES string of the molecule is C=C(C/C(=C/C1(O)CCCCC1)OC(C)=O)CC1(O)CCCCC1. The molecule has 0 radical (unpaired) electrons. The molecule has 0 aliphatic heterocycles. The van der Waals surface area contributed by atoms with Crippen molar-refractivity contribution in [2.75, 3.05) is 0 Å². The lowest BCUT2D eigenvalue weighted by Gasteiger charge is -2.33. The third-order valence-corrected chi connectivity index (χ3v) is 5.21. The van der Waals surface area contributed by atoms with E-state index in [0.717, 1.165) is 50.5 Å². The van der Waals surface area contributed by atoms with Gasteiger partial charge in [0.2, 0.25) is 0 Å². The quantitative estimate of drug-likeness (QED) is 0.434. The zero-order chi connectivity index (χ0) is 17.6. The van der Waals surface area contributed by atoms with Crippen molar-refractivity contribution < 1.29 is 19.7 Å². The van der Waals surface area contributed by atoms with Crippen LogP contribution in [0, 0.1) is 0 Å². The molecule has 4 nitrogen and oxygen atoms in total. The number of carbonyl (C=O) groups is 1. The van der Waals surface area contributed by atoms with Crippen LogP contribution in [0.25, 0.3) is 0 Å². The maximum atomic E-state index is 11.4. The smallest absolute Gasteiger partial charge is 0.307 e. The topological polar surface area (TPSA) is 66.8 Å². The first-order valence-electron chi connectivity index (χ1n) is 9.32. The average Bonchev–Trinajstić information content (AvgIpc) is 2.46. The van der Waals surface area contributed by atoms with Crippen LogP contribution in [0.15, 0.2) is 24.0 Å². The molecule has 0 saturated heterocycles. The predicted molar refractivity (Wildman–Crippen MR) is 94.3 cm³/mol. The van der Waals surface area contributed by atoms with E-state index in [9.17, 15) is 15.0 Å². The standard InChI is InChI=1S/C20H32O4/c1-16(14-19(22)9-5-3-6-10-19)13-18(24-17(2)21)15-20(23)11-7-4-8-12-20/h15,22-23H,1,3-14H2,2H3/b18-15-. The number of ether oxygens (including phenoxy) is 1. The first kappa shape index (κ1) is 19.2. The third kappa shape index (κ3) is 6.06. The zero-order valence-electron chi connectivity index (χ0n) is 15.0. The number of carbonyl (C=O) groups excluding carboxylic acids is 1. The van der Waals surface area contributed by atoms with Gasteiger partial charge in [-0.2, -0.15) is 0 Å². The van der Waals surface area contributed by atoms with Gasteiger partial charge in [-0.05, 0) is 38.2 Å². The van der Waals surface area contributed by atoms with Gasteiger partial charge in [0.05, 0.1) is 11.2 Å². The van der Waals surface area contributed by atoms with E-state index in [1.807, 2.05) is 0 Å². The molecule has 0 aromatic carbocycles. The summed E-state index contributed by atoms with van der Waals surface area (Å²) in [5.41, 5.74) is -0.699. The molecular weight excluding hydrogens is 304 g/mol. The van der Waals surface area contributed by atoms with Crippen LogP contribution in [-0.4, -0.2) is 27.4 Å². The fraction of sp³-hybridized carbons (Fsp3) is 0.750. The van der Waals surface area contributed by atoms with Gasteiger partial charge in [-0.1, -0.05) is 50.7 Å². The first-order valence-corrected chi connectivity index (χ1v) is 9.32. The Bertz CT molecular complexity index is 480. The number of hydrogen-bond acceptors (Lipinski definition) is 4. The Morgan fingerprint density at radius 3 is 2.12 bits per heavy atom. The monoisotopic (exact) mass is 336 g/mol. The highest BCUT2D eigenvalue weighted by Crippen LogP contribution is 2.35. The van der Waals surface area contributed by atoms with Crippen LogP contribution in [0.5, 0.6) is 0 Å². The fourth-order valence-electron chi connectivity index (χ4n) is 4.07. The van der Waals surface area contributed by atoms with Crippen molar-refractivity contribution in [3.63, 3.8) is 0 Å². The van der Waals surface area contributed by atoms with E-state index in [0.29, 0.717) is 31.4 Å². The molecule has 0 aromatic heterocycles. The van der Waals surface area contributed by atoms with Crippen molar-refractivity contribution in [1.82, 2.24) is 0 Å². The lowest BCUT2D eigenvalue weighted by Crippen LogP contribution is -2.32. The summed E-state index contributed by atoms with van der Waals surface area (Å²) >= 11 is 0. The van der Waals surface area contributed by atoms with Crippen molar-refractivity contribution in [2.24, 2.45) is 0 Å². The summed E-state index contributed by atoms with van der Waals surface area (Å²) in [5.74, 6) is 0.0844. The summed E-state index contributed by atoms with van der Waals surface area (Å²) < 4.78 is 5.33. The second-order valence-corrected chi connectivity index (χ2v) is 7.76. The van der Waals surface area contributed by atoms with Gasteiger partial charge in [-0.3, -0.25) is 4.79 Å². The molecule has 2 fully saturated rings. The summed E-state index contributed by atoms with van der Waals surface area (Å²) in [7, 11) is 0. The van der Waals surface area contributed by atoms with Gasteiger partial charge in [0.1, 0.15) is 5.76 Å². The van der Waals surface area contributed by atoms with E-state index < -0.39 is 11.2 Å². The molecule has 2 N–H and O–H groups in total. The van der Waals surface area contributed by atoms with Crippen LogP contribution in [-0.2, 0) is 9.53 Å². The van der Waals surface area contributed by atoms with Gasteiger partial charge in [0.15, 0.2) is 0 Å². The molecule has 0 aromatic rings. The van der Waals surface area contributed by atoms with E-state index in [1.54, 1.807) is 6.08 Å². The molecule has 2 saturated carbocycles. The van der Waals surface area contributed by atoms with Gasteiger partial charge < -0.3 is 14.9 Å². The second kappa shape index (κ2) is 8.30. The van der Waals surface area contributed by atoms with Crippen molar-refractivity contribution in [3.05, 3.63) is 24.0 Å². The fourth-order valence-corrected chi connectivity index (χ4v) is 4.07. The van der Waals surface area contributed by atoms with E-state index in [2.05, 4.69) is 6.58 Å². The second-order valence-electron chi connectivity index (χ2n) is 7.76. The van der Waals surface area contributed by atoms with Gasteiger partial charge in [0, 0.05) is 13.3 Å². The maximum Gasteiger partial charge on any atom is 0.307 e. The van der Waals surface area contributed by atoms with Crippen LogP contribution in [0.3, 0.4) is 0 Å². The van der Waals surface area contributed by atoms with Crippen LogP contribution < -0.4 is 0 Å². The minimum Gasteiger partial charge on any atom is -0.431 e. The first-order chi connectivity index (χ1) is 11.3. The number of hydrogen-bond donors (Lipinski definition) is 2. The summed E-state index contributed by atoms with van der Waals surface area (Å²) in [6.07, 6.45) is 12.1. The van der Waals surface area contributed by atoms with Crippen LogP contribution in [0.2, 0.25) is 0 Å². The maximum absolute atomic E-state index is 11.4. The Morgan fingerprint density at radius 1 is 1.04 bits per heavy atom. The molecule has 136 valence electrons. The number of allylic oxidation sites excluding steroid dienone is 1. The highest BCUT2D eigenvalue weighted by Gasteiger charge is 2.31. The van der Waals surface area contributed by atoms with Crippen molar-refractivity contribution in [3.8, 4) is 0 Å². The Morgan fingerprint density at radius 2 is 1.58 bits per heavy atom. The van der Waals surface area contributed by atoms with E-state index in [4.69, 9.17) is 4.74 Å². The zero-order valence-corrected chi connectivity index (χ0v) is 15.0. The molecule has 2 aliphatic rings. The molecule has 24 heavy (non-hydrogen) atoms. The van der Waals surface area contributed by atoms with Crippen LogP contribution >= 0.6 is 0 Å². The molecule has 0 spiro atoms. The predicted octanol–water partition coefficient (Wildman–Crippen LogP) is 4.16. The summed E-state index contributed by atoms with van der Waals surface area (Å²) in [4.78, 5) is 11.4. The summed E-state index contributed by atoms with van der Waals surface area (Å²) in [5, 5.41) is 21.4. The number of aliphatic hydroxyl groups is 2. The van der Waals surface area contributed by atoms with Crippen LogP contribution in [0.4, 0.5) is 0 Å². The number of esters is 1. The largest absolute Gasteiger partial charge is 0.431 e. The average molecular weight is 336 g/mol.